The number of anilines is 1. The summed E-state index contributed by atoms with van der Waals surface area (Å²) in [5, 5.41) is 3.39. The molecular formula is C34H32N4O12S2. The van der Waals surface area contributed by atoms with Crippen LogP contribution in [0.3, 0.4) is 0 Å². The summed E-state index contributed by atoms with van der Waals surface area (Å²) < 4.78 is 72.2. The van der Waals surface area contributed by atoms with Gasteiger partial charge in [0.05, 0.1) is 25.9 Å². The molecule has 6 rings (SSSR count). The molecule has 1 amide bonds. The van der Waals surface area contributed by atoms with Crippen LogP contribution in [0.4, 0.5) is 5.82 Å². The van der Waals surface area contributed by atoms with Crippen molar-refractivity contribution in [1.29, 1.82) is 0 Å². The number of amides is 1. The molecule has 0 atom stereocenters. The van der Waals surface area contributed by atoms with Gasteiger partial charge in [0.15, 0.2) is 17.3 Å². The molecule has 0 aliphatic heterocycles. The van der Waals surface area contributed by atoms with Gasteiger partial charge in [-0.15, -0.1) is 0 Å². The number of rotatable bonds is 9. The van der Waals surface area contributed by atoms with Crippen LogP contribution < -0.4 is 25.1 Å². The summed E-state index contributed by atoms with van der Waals surface area (Å²) in [6, 6.07) is 18.9. The summed E-state index contributed by atoms with van der Waals surface area (Å²) in [5.74, 6) is 1.50. The highest BCUT2D eigenvalue weighted by Crippen LogP contribution is 2.37. The molecule has 0 unspecified atom stereocenters. The van der Waals surface area contributed by atoms with Gasteiger partial charge in [-0.25, -0.2) is 4.98 Å². The van der Waals surface area contributed by atoms with E-state index in [2.05, 4.69) is 15.3 Å². The Morgan fingerprint density at radius 2 is 1.54 bits per heavy atom. The molecule has 52 heavy (non-hydrogen) atoms. The van der Waals surface area contributed by atoms with Crippen LogP contribution in [0.25, 0.3) is 16.6 Å². The van der Waals surface area contributed by atoms with E-state index in [9.17, 15) is 31.2 Å². The molecule has 1 aliphatic carbocycles. The summed E-state index contributed by atoms with van der Waals surface area (Å²) in [7, 11) is -6.29. The van der Waals surface area contributed by atoms with Crippen molar-refractivity contribution in [2.75, 3.05) is 19.5 Å². The molecule has 0 fully saturated rings. The first kappa shape index (κ1) is 37.6. The zero-order valence-corrected chi connectivity index (χ0v) is 29.5. The minimum Gasteiger partial charge on any atom is -0.493 e. The molecule has 16 nitrogen and oxygen atoms in total. The van der Waals surface area contributed by atoms with E-state index in [-0.39, 0.29) is 17.2 Å². The number of fused-ring (bicyclic) bond motifs is 2. The van der Waals surface area contributed by atoms with E-state index in [0.29, 0.717) is 77.0 Å². The molecular weight excluding hydrogens is 721 g/mol. The summed E-state index contributed by atoms with van der Waals surface area (Å²) >= 11 is 0. The average molecular weight is 753 g/mol. The number of pyridine rings is 3. The van der Waals surface area contributed by atoms with Crippen LogP contribution in [0.2, 0.25) is 0 Å². The number of nitrogens with zero attached hydrogens (tertiary/aromatic N) is 3. The van der Waals surface area contributed by atoms with Crippen molar-refractivity contribution in [3.63, 3.8) is 0 Å². The zero-order chi connectivity index (χ0) is 37.8. The van der Waals surface area contributed by atoms with Crippen LogP contribution in [-0.2, 0) is 26.7 Å². The third kappa shape index (κ3) is 8.26. The number of benzene rings is 2. The Balaban J connectivity index is 0.000000459. The number of aromatic nitrogens is 3. The summed E-state index contributed by atoms with van der Waals surface area (Å²) in [4.78, 5) is 48.3. The van der Waals surface area contributed by atoms with Gasteiger partial charge in [0.1, 0.15) is 22.9 Å². The lowest BCUT2D eigenvalue weighted by molar-refractivity contribution is 0.0970. The van der Waals surface area contributed by atoms with Crippen molar-refractivity contribution in [3.8, 4) is 28.7 Å². The van der Waals surface area contributed by atoms with Gasteiger partial charge in [0.2, 0.25) is 4.58 Å². The smallest absolute Gasteiger partial charge is 0.284 e. The largest absolute Gasteiger partial charge is 0.493 e. The first-order valence-corrected chi connectivity index (χ1v) is 18.4. The van der Waals surface area contributed by atoms with Crippen molar-refractivity contribution in [2.24, 2.45) is 0 Å². The quantitative estimate of drug-likeness (QED) is 0.177. The number of carbonyl (C=O) groups is 2. The van der Waals surface area contributed by atoms with E-state index in [1.54, 1.807) is 75.0 Å². The number of ether oxygens (including phenoxy) is 3. The maximum absolute atomic E-state index is 13.6. The van der Waals surface area contributed by atoms with Crippen molar-refractivity contribution in [3.05, 3.63) is 106 Å². The monoisotopic (exact) mass is 752 g/mol. The molecule has 18 heteroatoms. The fraction of sp³-hybridized carbons (Fsp3) is 0.206. The normalized spacial score (nSPS) is 12.8. The summed E-state index contributed by atoms with van der Waals surface area (Å²) in [5.41, 5.74) is 1.64. The molecule has 0 bridgehead atoms. The summed E-state index contributed by atoms with van der Waals surface area (Å²) in [6.45, 7) is 0.657. The van der Waals surface area contributed by atoms with Crippen LogP contribution in [0.5, 0.6) is 23.0 Å². The first-order valence-electron chi connectivity index (χ1n) is 15.4. The number of Topliss-reactive ketones (excluding diaryl/α,β-unsaturated/α-hetero) is 1. The lowest BCUT2D eigenvalue weighted by Gasteiger charge is -2.21. The molecule has 0 radical (unpaired) electrons. The molecule has 3 heterocycles. The molecule has 2 aromatic carbocycles. The second-order valence-corrected chi connectivity index (χ2v) is 15.0. The summed E-state index contributed by atoms with van der Waals surface area (Å²) in [6.07, 6.45) is 4.68. The first-order chi connectivity index (χ1) is 24.6. The van der Waals surface area contributed by atoms with Gasteiger partial charge in [-0.2, -0.15) is 16.8 Å². The molecule has 0 saturated carbocycles. The fourth-order valence-corrected chi connectivity index (χ4v) is 6.45. The minimum absolute atomic E-state index is 0.0886. The Morgan fingerprint density at radius 1 is 0.865 bits per heavy atom. The molecule has 0 saturated heterocycles. The SMILES string of the molecule is CC(S(=O)(=O)O)S(=O)(=O)O.COc1cc2nccc(Oc3ccc(NC(=O)c4cc5c(n(-c6ccccc6)c4=O)CCCC5=O)nc3)c2cc1OC. The highest BCUT2D eigenvalue weighted by molar-refractivity contribution is 8.03. The van der Waals surface area contributed by atoms with E-state index >= 15 is 0 Å². The van der Waals surface area contributed by atoms with Gasteiger partial charge in [-0.3, -0.25) is 33.0 Å². The molecule has 1 aliphatic rings. The van der Waals surface area contributed by atoms with E-state index in [4.69, 9.17) is 23.3 Å². The topological polar surface area (TPSA) is 230 Å². The Hall–Kier alpha value is -5.69. The Bertz CT molecular complexity index is 2400. The van der Waals surface area contributed by atoms with E-state index < -0.39 is 36.3 Å². The molecule has 3 aromatic heterocycles. The number of hydrogen-bond donors (Lipinski definition) is 3. The van der Waals surface area contributed by atoms with Gasteiger partial charge >= 0.3 is 0 Å². The van der Waals surface area contributed by atoms with Gasteiger partial charge in [-0.05, 0) is 62.2 Å². The zero-order valence-electron chi connectivity index (χ0n) is 27.8. The van der Waals surface area contributed by atoms with E-state index in [1.807, 2.05) is 6.07 Å². The third-order valence-electron chi connectivity index (χ3n) is 7.93. The predicted molar refractivity (Wildman–Crippen MR) is 189 cm³/mol. The van der Waals surface area contributed by atoms with Crippen LogP contribution in [-0.4, -0.2) is 71.0 Å². The average Bonchev–Trinajstić information content (AvgIpc) is 3.11. The lowest BCUT2D eigenvalue weighted by Crippen LogP contribution is -2.33. The Morgan fingerprint density at radius 3 is 2.13 bits per heavy atom. The number of nitrogens with one attached hydrogen (secondary N) is 1. The van der Waals surface area contributed by atoms with Crippen LogP contribution >= 0.6 is 0 Å². The lowest BCUT2D eigenvalue weighted by atomic mass is 9.92. The number of methoxy groups -OCH3 is 2. The van der Waals surface area contributed by atoms with Gasteiger partial charge in [0, 0.05) is 41.0 Å². The number of hydrogen-bond acceptors (Lipinski definition) is 12. The van der Waals surface area contributed by atoms with Crippen molar-refractivity contribution in [1.82, 2.24) is 14.5 Å². The van der Waals surface area contributed by atoms with Crippen LogP contribution in [0, 0.1) is 0 Å². The third-order valence-corrected chi connectivity index (χ3v) is 11.1. The number of carbonyl (C=O) groups excluding carboxylic acids is 2. The van der Waals surface area contributed by atoms with Crippen molar-refractivity contribution < 1.29 is 49.7 Å². The highest BCUT2D eigenvalue weighted by atomic mass is 32.3. The minimum atomic E-state index is -4.70. The maximum Gasteiger partial charge on any atom is 0.284 e. The van der Waals surface area contributed by atoms with Crippen molar-refractivity contribution in [2.45, 2.75) is 30.8 Å². The molecule has 272 valence electrons. The van der Waals surface area contributed by atoms with Crippen molar-refractivity contribution >= 4 is 48.6 Å². The van der Waals surface area contributed by atoms with Crippen LogP contribution in [0.15, 0.2) is 83.9 Å². The second-order valence-electron chi connectivity index (χ2n) is 11.2. The fourth-order valence-electron chi connectivity index (χ4n) is 5.22. The van der Waals surface area contributed by atoms with Gasteiger partial charge in [0.25, 0.3) is 31.7 Å². The van der Waals surface area contributed by atoms with Gasteiger partial charge < -0.3 is 19.5 Å². The Labute approximate surface area is 297 Å². The molecule has 3 N–H and O–H groups in total. The maximum atomic E-state index is 13.6. The standard InChI is InChI=1S/C32H26N4O6.C2H6O6S2/c1-40-28-16-21-24(17-29(28)41-2)33-14-13-27(21)42-20-11-12-30(34-18-20)35-31(38)23-15-22-25(9-6-10-26(22)37)36(32(23)39)19-7-4-3-5-8-19;1-2(9(3,4)5)10(6,7)8/h3-5,7-8,11-18H,6,9-10H2,1-2H3,(H,34,35,38);2H,1H3,(H,3,4,5)(H,6,7,8). The second kappa shape index (κ2) is 15.3. The number of ketones is 1. The highest BCUT2D eigenvalue weighted by Gasteiger charge is 2.30. The van der Waals surface area contributed by atoms with Crippen LogP contribution in [0.1, 0.15) is 46.2 Å². The molecule has 0 spiro atoms. The Kier molecular flexibility index (Phi) is 11.0. The predicted octanol–water partition coefficient (Wildman–Crippen LogP) is 4.47. The molecule has 5 aromatic rings. The number of para-hydroxylation sites is 1. The van der Waals surface area contributed by atoms with E-state index in [0.717, 1.165) is 0 Å². The van der Waals surface area contributed by atoms with E-state index in [1.165, 1.54) is 16.8 Å². The van der Waals surface area contributed by atoms with Gasteiger partial charge in [-0.1, -0.05) is 18.2 Å².